The third-order valence-electron chi connectivity index (χ3n) is 3.20. The van der Waals surface area contributed by atoms with Crippen LogP contribution in [0.15, 0.2) is 53.4 Å². The van der Waals surface area contributed by atoms with Crippen LogP contribution in [0.5, 0.6) is 0 Å². The number of ether oxygens (including phenoxy) is 1. The number of benzene rings is 2. The van der Waals surface area contributed by atoms with Crippen LogP contribution >= 0.6 is 11.6 Å². The molecule has 8 heteroatoms. The van der Waals surface area contributed by atoms with Crippen LogP contribution in [-0.4, -0.2) is 33.2 Å². The van der Waals surface area contributed by atoms with Crippen molar-refractivity contribution in [2.45, 2.75) is 11.3 Å². The lowest BCUT2D eigenvalue weighted by Crippen LogP contribution is -2.22. The number of sulfone groups is 1. The minimum absolute atomic E-state index is 0.0215. The third-order valence-corrected chi connectivity index (χ3v) is 4.64. The van der Waals surface area contributed by atoms with Crippen molar-refractivity contribution in [1.29, 1.82) is 0 Å². The van der Waals surface area contributed by atoms with Gasteiger partial charge >= 0.3 is 5.97 Å². The predicted octanol–water partition coefficient (Wildman–Crippen LogP) is 2.47. The van der Waals surface area contributed by atoms with Crippen LogP contribution in [0.2, 0.25) is 5.02 Å². The van der Waals surface area contributed by atoms with Crippen LogP contribution < -0.4 is 5.32 Å². The number of amides is 1. The quantitative estimate of drug-likeness (QED) is 0.776. The molecule has 0 unspecified atom stereocenters. The van der Waals surface area contributed by atoms with Gasteiger partial charge in [-0.05, 0) is 23.8 Å². The molecule has 2 aromatic rings. The van der Waals surface area contributed by atoms with Crippen molar-refractivity contribution in [2.24, 2.45) is 0 Å². The Balaban J connectivity index is 1.93. The summed E-state index contributed by atoms with van der Waals surface area (Å²) < 4.78 is 28.0. The second kappa shape index (κ2) is 8.13. The number of carbonyl (C=O) groups excluding carboxylic acids is 2. The van der Waals surface area contributed by atoms with E-state index in [1.54, 1.807) is 24.3 Å². The molecule has 0 aliphatic carbocycles. The van der Waals surface area contributed by atoms with Gasteiger partial charge in [-0.15, -0.1) is 0 Å². The van der Waals surface area contributed by atoms with Gasteiger partial charge in [-0.3, -0.25) is 9.59 Å². The summed E-state index contributed by atoms with van der Waals surface area (Å²) in [6, 6.07) is 12.9. The Morgan fingerprint density at radius 3 is 2.44 bits per heavy atom. The molecule has 2 aromatic carbocycles. The monoisotopic (exact) mass is 381 g/mol. The summed E-state index contributed by atoms with van der Waals surface area (Å²) in [5.41, 5.74) is 0.908. The minimum Gasteiger partial charge on any atom is -0.455 e. The number of anilines is 1. The lowest BCUT2D eigenvalue weighted by molar-refractivity contribution is -0.146. The van der Waals surface area contributed by atoms with E-state index in [0.717, 1.165) is 11.8 Å². The molecule has 2 rings (SSSR count). The molecule has 0 bridgehead atoms. The SMILES string of the molecule is CS(=O)(=O)c1ccc(Cl)c(NC(=O)COC(=O)Cc2ccccc2)c1. The highest BCUT2D eigenvalue weighted by molar-refractivity contribution is 7.90. The normalized spacial score (nSPS) is 11.0. The molecule has 0 aliphatic rings. The molecule has 0 atom stereocenters. The van der Waals surface area contributed by atoms with Crippen LogP contribution in [-0.2, 0) is 30.6 Å². The zero-order valence-corrected chi connectivity index (χ0v) is 14.9. The number of hydrogen-bond donors (Lipinski definition) is 1. The number of halogens is 1. The highest BCUT2D eigenvalue weighted by atomic mass is 35.5. The van der Waals surface area contributed by atoms with Gasteiger partial charge in [0.1, 0.15) is 0 Å². The van der Waals surface area contributed by atoms with E-state index in [9.17, 15) is 18.0 Å². The second-order valence-electron chi connectivity index (χ2n) is 5.29. The first kappa shape index (κ1) is 19.0. The number of nitrogens with one attached hydrogen (secondary N) is 1. The van der Waals surface area contributed by atoms with E-state index in [-0.39, 0.29) is 22.0 Å². The van der Waals surface area contributed by atoms with E-state index >= 15 is 0 Å². The summed E-state index contributed by atoms with van der Waals surface area (Å²) in [4.78, 5) is 23.6. The van der Waals surface area contributed by atoms with Gasteiger partial charge in [-0.2, -0.15) is 0 Å². The first-order chi connectivity index (χ1) is 11.8. The van der Waals surface area contributed by atoms with Crippen LogP contribution in [0.1, 0.15) is 5.56 Å². The van der Waals surface area contributed by atoms with Gasteiger partial charge in [-0.25, -0.2) is 8.42 Å². The van der Waals surface area contributed by atoms with E-state index in [4.69, 9.17) is 16.3 Å². The average Bonchev–Trinajstić information content (AvgIpc) is 2.55. The fourth-order valence-corrected chi connectivity index (χ4v) is 2.79. The largest absolute Gasteiger partial charge is 0.455 e. The van der Waals surface area contributed by atoms with E-state index in [0.29, 0.717) is 0 Å². The van der Waals surface area contributed by atoms with Crippen LogP contribution in [0.25, 0.3) is 0 Å². The van der Waals surface area contributed by atoms with Crippen LogP contribution in [0.3, 0.4) is 0 Å². The Labute approximate surface area is 150 Å². The molecule has 0 fully saturated rings. The van der Waals surface area contributed by atoms with E-state index < -0.39 is 28.3 Å². The van der Waals surface area contributed by atoms with E-state index in [2.05, 4.69) is 5.32 Å². The summed E-state index contributed by atoms with van der Waals surface area (Å²) in [5, 5.41) is 2.61. The Bertz CT molecular complexity index is 881. The summed E-state index contributed by atoms with van der Waals surface area (Å²) in [6.45, 7) is -0.495. The summed E-state index contributed by atoms with van der Waals surface area (Å²) in [6.07, 6.45) is 1.10. The van der Waals surface area contributed by atoms with Gasteiger partial charge in [0.05, 0.1) is 22.0 Å². The second-order valence-corrected chi connectivity index (χ2v) is 7.71. The Morgan fingerprint density at radius 1 is 1.12 bits per heavy atom. The topological polar surface area (TPSA) is 89.5 Å². The third kappa shape index (κ3) is 5.88. The highest BCUT2D eigenvalue weighted by Gasteiger charge is 2.13. The summed E-state index contributed by atoms with van der Waals surface area (Å²) in [5.74, 6) is -1.16. The average molecular weight is 382 g/mol. The number of esters is 1. The molecule has 0 radical (unpaired) electrons. The molecule has 0 saturated carbocycles. The fourth-order valence-electron chi connectivity index (χ4n) is 1.98. The lowest BCUT2D eigenvalue weighted by atomic mass is 10.2. The van der Waals surface area contributed by atoms with Gasteiger partial charge in [0.2, 0.25) is 0 Å². The van der Waals surface area contributed by atoms with Crippen molar-refractivity contribution in [3.8, 4) is 0 Å². The Kier molecular flexibility index (Phi) is 6.17. The van der Waals surface area contributed by atoms with Crippen molar-refractivity contribution in [2.75, 3.05) is 18.2 Å². The van der Waals surface area contributed by atoms with Crippen molar-refractivity contribution in [3.63, 3.8) is 0 Å². The maximum absolute atomic E-state index is 11.9. The molecule has 0 heterocycles. The predicted molar refractivity (Wildman–Crippen MR) is 94.3 cm³/mol. The smallest absolute Gasteiger partial charge is 0.310 e. The molecule has 1 amide bonds. The van der Waals surface area contributed by atoms with Gasteiger partial charge < -0.3 is 10.1 Å². The van der Waals surface area contributed by atoms with Crippen molar-refractivity contribution in [1.82, 2.24) is 0 Å². The Morgan fingerprint density at radius 2 is 1.80 bits per heavy atom. The van der Waals surface area contributed by atoms with E-state index in [1.165, 1.54) is 18.2 Å². The molecule has 25 heavy (non-hydrogen) atoms. The molecule has 0 spiro atoms. The molecule has 0 aliphatic heterocycles. The van der Waals surface area contributed by atoms with Crippen molar-refractivity contribution >= 4 is 39.0 Å². The first-order valence-corrected chi connectivity index (χ1v) is 9.51. The molecular weight excluding hydrogens is 366 g/mol. The maximum Gasteiger partial charge on any atom is 0.310 e. The molecule has 0 aromatic heterocycles. The van der Waals surface area contributed by atoms with Gasteiger partial charge in [-0.1, -0.05) is 41.9 Å². The molecule has 6 nitrogen and oxygen atoms in total. The van der Waals surface area contributed by atoms with Crippen LogP contribution in [0, 0.1) is 0 Å². The summed E-state index contributed by atoms with van der Waals surface area (Å²) >= 11 is 5.94. The zero-order valence-electron chi connectivity index (χ0n) is 13.4. The fraction of sp³-hybridized carbons (Fsp3) is 0.176. The Hall–Kier alpha value is -2.38. The van der Waals surface area contributed by atoms with Gasteiger partial charge in [0.25, 0.3) is 5.91 Å². The van der Waals surface area contributed by atoms with Gasteiger partial charge in [0, 0.05) is 6.26 Å². The number of carbonyl (C=O) groups is 2. The number of rotatable bonds is 6. The highest BCUT2D eigenvalue weighted by Crippen LogP contribution is 2.25. The standard InChI is InChI=1S/C17H16ClNO5S/c1-25(22,23)13-7-8-14(18)15(10-13)19-16(20)11-24-17(21)9-12-5-3-2-4-6-12/h2-8,10H,9,11H2,1H3,(H,19,20). The minimum atomic E-state index is -3.43. The first-order valence-electron chi connectivity index (χ1n) is 7.25. The van der Waals surface area contributed by atoms with Crippen LogP contribution in [0.4, 0.5) is 5.69 Å². The summed E-state index contributed by atoms with van der Waals surface area (Å²) in [7, 11) is -3.43. The van der Waals surface area contributed by atoms with Crippen molar-refractivity contribution < 1.29 is 22.7 Å². The lowest BCUT2D eigenvalue weighted by Gasteiger charge is -2.09. The zero-order chi connectivity index (χ0) is 18.4. The molecule has 0 saturated heterocycles. The van der Waals surface area contributed by atoms with Crippen molar-refractivity contribution in [3.05, 3.63) is 59.1 Å². The maximum atomic E-state index is 11.9. The van der Waals surface area contributed by atoms with Gasteiger partial charge in [0.15, 0.2) is 16.4 Å². The van der Waals surface area contributed by atoms with E-state index in [1.807, 2.05) is 6.07 Å². The molecular formula is C17H16ClNO5S. The number of hydrogen-bond acceptors (Lipinski definition) is 5. The molecule has 1 N–H and O–H groups in total. The molecule has 132 valence electrons.